The molecule has 3 aromatic rings. The molecule has 1 fully saturated rings. The van der Waals surface area contributed by atoms with Crippen LogP contribution in [0, 0.1) is 0 Å². The fourth-order valence-corrected chi connectivity index (χ4v) is 5.50. The minimum absolute atomic E-state index is 0.0319. The first-order valence-corrected chi connectivity index (χ1v) is 14.5. The lowest BCUT2D eigenvalue weighted by molar-refractivity contribution is -0.141. The summed E-state index contributed by atoms with van der Waals surface area (Å²) in [6.45, 7) is -0.0789. The number of carbonyl (C=O) groups excluding carboxylic acids is 2. The Hall–Kier alpha value is -4.35. The summed E-state index contributed by atoms with van der Waals surface area (Å²) in [4.78, 5) is 36.6. The molecule has 240 valence electrons. The maximum Gasteiger partial charge on any atom is 0.418 e. The number of halogens is 6. The Kier molecular flexibility index (Phi) is 10.6. The molecule has 3 aromatic carbocycles. The van der Waals surface area contributed by atoms with E-state index in [9.17, 15) is 40.7 Å². The van der Waals surface area contributed by atoms with Crippen molar-refractivity contribution in [2.75, 3.05) is 11.9 Å². The third kappa shape index (κ3) is 9.09. The minimum atomic E-state index is -5.02. The molecule has 3 N–H and O–H groups in total. The Morgan fingerprint density at radius 3 is 2.04 bits per heavy atom. The molecular formula is C33H32F6N2O4. The smallest absolute Gasteiger partial charge is 0.418 e. The monoisotopic (exact) mass is 634 g/mol. The fraction of sp³-hybridized carbons (Fsp3) is 0.364. The maximum atomic E-state index is 13.7. The average molecular weight is 635 g/mol. The normalized spacial score (nSPS) is 14.9. The number of hydrogen-bond acceptors (Lipinski definition) is 3. The van der Waals surface area contributed by atoms with Crippen LogP contribution < -0.4 is 10.6 Å². The van der Waals surface area contributed by atoms with Gasteiger partial charge in [-0.25, -0.2) is 0 Å². The first-order chi connectivity index (χ1) is 21.2. The Morgan fingerprint density at radius 2 is 1.47 bits per heavy atom. The lowest BCUT2D eigenvalue weighted by Gasteiger charge is -2.23. The van der Waals surface area contributed by atoms with Crippen molar-refractivity contribution in [3.05, 3.63) is 100 Å². The first-order valence-electron chi connectivity index (χ1n) is 14.5. The van der Waals surface area contributed by atoms with Gasteiger partial charge in [0.1, 0.15) is 0 Å². The van der Waals surface area contributed by atoms with Crippen LogP contribution in [0.25, 0.3) is 0 Å². The number of carboxylic acid groups (broad SMARTS) is 1. The molecule has 12 heteroatoms. The Labute approximate surface area is 255 Å². The average Bonchev–Trinajstić information content (AvgIpc) is 2.99. The van der Waals surface area contributed by atoms with Crippen molar-refractivity contribution < 1.29 is 45.8 Å². The van der Waals surface area contributed by atoms with E-state index >= 15 is 0 Å². The van der Waals surface area contributed by atoms with Gasteiger partial charge >= 0.3 is 18.3 Å². The van der Waals surface area contributed by atoms with Crippen LogP contribution >= 0.6 is 0 Å². The number of anilines is 1. The summed E-state index contributed by atoms with van der Waals surface area (Å²) < 4.78 is 81.4. The summed E-state index contributed by atoms with van der Waals surface area (Å²) in [6, 6.07) is 14.1. The molecule has 0 radical (unpaired) electrons. The second-order valence-electron chi connectivity index (χ2n) is 11.1. The number of hydrogen-bond donors (Lipinski definition) is 3. The number of carboxylic acids is 1. The van der Waals surface area contributed by atoms with E-state index in [-0.39, 0.29) is 31.0 Å². The molecule has 0 heterocycles. The van der Waals surface area contributed by atoms with Crippen LogP contribution in [-0.2, 0) is 28.4 Å². The zero-order valence-electron chi connectivity index (χ0n) is 24.1. The molecule has 1 aliphatic carbocycles. The van der Waals surface area contributed by atoms with Gasteiger partial charge < -0.3 is 15.7 Å². The quantitative estimate of drug-likeness (QED) is 0.197. The van der Waals surface area contributed by atoms with Gasteiger partial charge in [-0.05, 0) is 72.2 Å². The summed E-state index contributed by atoms with van der Waals surface area (Å²) in [7, 11) is 0. The van der Waals surface area contributed by atoms with E-state index in [1.54, 1.807) is 24.3 Å². The molecule has 45 heavy (non-hydrogen) atoms. The third-order valence-electron chi connectivity index (χ3n) is 7.92. The summed E-state index contributed by atoms with van der Waals surface area (Å²) in [6.07, 6.45) is -4.84. The highest BCUT2D eigenvalue weighted by Crippen LogP contribution is 2.40. The Bertz CT molecular complexity index is 1500. The van der Waals surface area contributed by atoms with E-state index in [1.807, 2.05) is 12.1 Å². The molecule has 1 aliphatic rings. The van der Waals surface area contributed by atoms with E-state index in [4.69, 9.17) is 5.11 Å². The minimum Gasteiger partial charge on any atom is -0.481 e. The van der Waals surface area contributed by atoms with Crippen molar-refractivity contribution in [1.82, 2.24) is 5.32 Å². The summed E-state index contributed by atoms with van der Waals surface area (Å²) >= 11 is 0. The van der Waals surface area contributed by atoms with E-state index in [1.165, 1.54) is 12.1 Å². The highest BCUT2D eigenvalue weighted by Gasteiger charge is 2.38. The van der Waals surface area contributed by atoms with Crippen molar-refractivity contribution in [3.63, 3.8) is 0 Å². The van der Waals surface area contributed by atoms with E-state index < -0.39 is 52.9 Å². The van der Waals surface area contributed by atoms with Crippen LogP contribution in [0.15, 0.2) is 66.7 Å². The number of rotatable bonds is 10. The van der Waals surface area contributed by atoms with Gasteiger partial charge in [0, 0.05) is 12.1 Å². The topological polar surface area (TPSA) is 95.5 Å². The van der Waals surface area contributed by atoms with Crippen molar-refractivity contribution in [2.45, 2.75) is 69.1 Å². The summed E-state index contributed by atoms with van der Waals surface area (Å²) in [5, 5.41) is 13.3. The van der Waals surface area contributed by atoms with Crippen molar-refractivity contribution in [2.24, 2.45) is 0 Å². The molecular weight excluding hydrogens is 602 g/mol. The van der Waals surface area contributed by atoms with Gasteiger partial charge in [0.05, 0.1) is 29.2 Å². The van der Waals surface area contributed by atoms with Crippen LogP contribution in [-0.4, -0.2) is 29.4 Å². The summed E-state index contributed by atoms with van der Waals surface area (Å²) in [5.41, 5.74) is -1.45. The molecule has 2 amide bonds. The summed E-state index contributed by atoms with van der Waals surface area (Å²) in [5.74, 6) is -3.25. The number of amides is 2. The zero-order valence-corrected chi connectivity index (χ0v) is 24.1. The van der Waals surface area contributed by atoms with Crippen LogP contribution in [0.5, 0.6) is 0 Å². The van der Waals surface area contributed by atoms with Crippen LogP contribution in [0.1, 0.15) is 88.5 Å². The Balaban J connectivity index is 1.63. The van der Waals surface area contributed by atoms with Crippen LogP contribution in [0.4, 0.5) is 32.0 Å². The molecule has 0 spiro atoms. The van der Waals surface area contributed by atoms with E-state index in [0.717, 1.165) is 37.7 Å². The zero-order chi connectivity index (χ0) is 32.8. The molecule has 0 saturated heterocycles. The molecule has 0 aliphatic heterocycles. The predicted octanol–water partition coefficient (Wildman–Crippen LogP) is 7.94. The predicted molar refractivity (Wildman–Crippen MR) is 155 cm³/mol. The lowest BCUT2D eigenvalue weighted by Crippen LogP contribution is -2.26. The van der Waals surface area contributed by atoms with Gasteiger partial charge in [0.25, 0.3) is 5.91 Å². The molecule has 1 saturated carbocycles. The number of aliphatic carboxylic acids is 1. The Morgan fingerprint density at radius 1 is 0.822 bits per heavy atom. The maximum absolute atomic E-state index is 13.7. The lowest BCUT2D eigenvalue weighted by atomic mass is 9.83. The highest BCUT2D eigenvalue weighted by molar-refractivity contribution is 5.97. The molecule has 6 nitrogen and oxygen atoms in total. The standard InChI is InChI=1S/C33H32F6N2O4/c34-32(35,36)25-14-15-27(33(37,38)39)28(19-25)41-31(45)26(23-12-10-22(11-13-23)21-4-2-1-3-5-21)18-20-6-8-24(9-7-20)30(44)40-17-16-29(42)43/h6-15,19,21,26H,1-5,16-18H2,(H,40,44)(H,41,45)(H,42,43). The third-order valence-corrected chi connectivity index (χ3v) is 7.92. The van der Waals surface area contributed by atoms with E-state index in [0.29, 0.717) is 29.2 Å². The molecule has 1 unspecified atom stereocenters. The van der Waals surface area contributed by atoms with E-state index in [2.05, 4.69) is 10.6 Å². The van der Waals surface area contributed by atoms with Gasteiger partial charge in [-0.15, -0.1) is 0 Å². The molecule has 4 rings (SSSR count). The number of nitrogens with one attached hydrogen (secondary N) is 2. The van der Waals surface area contributed by atoms with Gasteiger partial charge in [-0.3, -0.25) is 14.4 Å². The van der Waals surface area contributed by atoms with Gasteiger partial charge in [-0.1, -0.05) is 55.7 Å². The second-order valence-corrected chi connectivity index (χ2v) is 11.1. The second kappa shape index (κ2) is 14.2. The van der Waals surface area contributed by atoms with Crippen molar-refractivity contribution in [1.29, 1.82) is 0 Å². The van der Waals surface area contributed by atoms with Crippen molar-refractivity contribution >= 4 is 23.5 Å². The van der Waals surface area contributed by atoms with Gasteiger partial charge in [0.15, 0.2) is 0 Å². The van der Waals surface area contributed by atoms with Gasteiger partial charge in [0.2, 0.25) is 5.91 Å². The van der Waals surface area contributed by atoms with Crippen LogP contribution in [0.3, 0.4) is 0 Å². The molecule has 0 aromatic heterocycles. The fourth-order valence-electron chi connectivity index (χ4n) is 5.50. The number of alkyl halides is 6. The first kappa shape index (κ1) is 33.5. The number of carbonyl (C=O) groups is 3. The number of benzene rings is 3. The highest BCUT2D eigenvalue weighted by atomic mass is 19.4. The van der Waals surface area contributed by atoms with Crippen LogP contribution in [0.2, 0.25) is 0 Å². The molecule has 1 atom stereocenters. The largest absolute Gasteiger partial charge is 0.481 e. The molecule has 0 bridgehead atoms. The SMILES string of the molecule is O=C(O)CCNC(=O)c1ccc(CC(C(=O)Nc2cc(C(F)(F)F)ccc2C(F)(F)F)c2ccc(C3CCCCC3)cc2)cc1. The van der Waals surface area contributed by atoms with Crippen molar-refractivity contribution in [3.8, 4) is 0 Å². The van der Waals surface area contributed by atoms with Gasteiger partial charge in [-0.2, -0.15) is 26.3 Å².